The summed E-state index contributed by atoms with van der Waals surface area (Å²) < 4.78 is 13.8. The van der Waals surface area contributed by atoms with E-state index in [0.717, 1.165) is 29.4 Å². The van der Waals surface area contributed by atoms with Crippen LogP contribution in [0.1, 0.15) is 29.2 Å². The first kappa shape index (κ1) is 15.1. The lowest BCUT2D eigenvalue weighted by Crippen LogP contribution is -2.23. The molecule has 0 radical (unpaired) electrons. The summed E-state index contributed by atoms with van der Waals surface area (Å²) in [6.45, 7) is 3.52. The predicted octanol–water partition coefficient (Wildman–Crippen LogP) is 3.19. The van der Waals surface area contributed by atoms with Crippen molar-refractivity contribution in [1.29, 1.82) is 0 Å². The van der Waals surface area contributed by atoms with E-state index in [1.165, 1.54) is 6.07 Å². The minimum atomic E-state index is -0.152. The van der Waals surface area contributed by atoms with Gasteiger partial charge in [-0.05, 0) is 27.1 Å². The van der Waals surface area contributed by atoms with Gasteiger partial charge < -0.3 is 5.32 Å². The molecule has 20 heavy (non-hydrogen) atoms. The van der Waals surface area contributed by atoms with Crippen LogP contribution in [-0.2, 0) is 13.1 Å². The van der Waals surface area contributed by atoms with Crippen LogP contribution in [-0.4, -0.2) is 24.0 Å². The van der Waals surface area contributed by atoms with Gasteiger partial charge in [-0.15, -0.1) is 11.3 Å². The van der Waals surface area contributed by atoms with Gasteiger partial charge in [0.15, 0.2) is 0 Å². The van der Waals surface area contributed by atoms with E-state index in [-0.39, 0.29) is 11.9 Å². The van der Waals surface area contributed by atoms with Gasteiger partial charge in [0.25, 0.3) is 0 Å². The van der Waals surface area contributed by atoms with Crippen LogP contribution in [0.25, 0.3) is 0 Å². The van der Waals surface area contributed by atoms with Crippen LogP contribution < -0.4 is 5.32 Å². The predicted molar refractivity (Wildman–Crippen MR) is 81.2 cm³/mol. The van der Waals surface area contributed by atoms with E-state index in [1.54, 1.807) is 17.4 Å². The number of rotatable bonds is 6. The molecule has 3 nitrogen and oxygen atoms in total. The second kappa shape index (κ2) is 6.92. The quantitative estimate of drug-likeness (QED) is 0.886. The topological polar surface area (TPSA) is 28.2 Å². The highest BCUT2D eigenvalue weighted by Crippen LogP contribution is 2.23. The van der Waals surface area contributed by atoms with Crippen molar-refractivity contribution >= 4 is 11.3 Å². The Hall–Kier alpha value is -1.30. The molecule has 0 spiro atoms. The third-order valence-electron chi connectivity index (χ3n) is 3.36. The fourth-order valence-electron chi connectivity index (χ4n) is 2.10. The lowest BCUT2D eigenvalue weighted by Gasteiger charge is -2.24. The monoisotopic (exact) mass is 293 g/mol. The van der Waals surface area contributed by atoms with E-state index < -0.39 is 0 Å². The number of halogens is 1. The molecular weight excluding hydrogens is 273 g/mol. The molecule has 0 saturated carbocycles. The van der Waals surface area contributed by atoms with Crippen molar-refractivity contribution in [3.63, 3.8) is 0 Å². The van der Waals surface area contributed by atoms with Crippen LogP contribution in [0.3, 0.4) is 0 Å². The van der Waals surface area contributed by atoms with E-state index >= 15 is 0 Å². The van der Waals surface area contributed by atoms with Crippen LogP contribution >= 0.6 is 11.3 Å². The highest BCUT2D eigenvalue weighted by Gasteiger charge is 2.16. The van der Waals surface area contributed by atoms with Crippen LogP contribution in [0.15, 0.2) is 29.6 Å². The summed E-state index contributed by atoms with van der Waals surface area (Å²) in [5.74, 6) is -0.152. The van der Waals surface area contributed by atoms with Crippen molar-refractivity contribution in [3.8, 4) is 0 Å². The summed E-state index contributed by atoms with van der Waals surface area (Å²) in [6, 6.07) is 6.95. The Balaban J connectivity index is 2.03. The summed E-state index contributed by atoms with van der Waals surface area (Å²) in [7, 11) is 3.90. The molecular formula is C15H20FN3S. The van der Waals surface area contributed by atoms with Crippen molar-refractivity contribution in [3.05, 3.63) is 51.7 Å². The minimum absolute atomic E-state index is 0.0191. The number of nitrogens with zero attached hydrogens (tertiary/aromatic N) is 2. The number of hydrogen-bond acceptors (Lipinski definition) is 4. The van der Waals surface area contributed by atoms with E-state index in [0.29, 0.717) is 0 Å². The van der Waals surface area contributed by atoms with Gasteiger partial charge in [-0.1, -0.05) is 18.2 Å². The number of nitrogens with one attached hydrogen (secondary N) is 1. The third-order valence-corrected chi connectivity index (χ3v) is 4.25. The summed E-state index contributed by atoms with van der Waals surface area (Å²) in [5, 5.41) is 6.24. The maximum absolute atomic E-state index is 13.8. The Morgan fingerprint density at radius 2 is 2.15 bits per heavy atom. The zero-order valence-electron chi connectivity index (χ0n) is 12.1. The van der Waals surface area contributed by atoms with Gasteiger partial charge in [0.2, 0.25) is 0 Å². The molecule has 1 atom stereocenters. The van der Waals surface area contributed by atoms with E-state index in [4.69, 9.17) is 0 Å². The average molecular weight is 293 g/mol. The average Bonchev–Trinajstić information content (AvgIpc) is 2.86. The van der Waals surface area contributed by atoms with Crippen LogP contribution in [0, 0.1) is 5.82 Å². The molecule has 5 heteroatoms. The summed E-state index contributed by atoms with van der Waals surface area (Å²) in [5.41, 5.74) is 1.76. The van der Waals surface area contributed by atoms with E-state index in [2.05, 4.69) is 20.6 Å². The first-order chi connectivity index (χ1) is 9.61. The fourth-order valence-corrected chi connectivity index (χ4v) is 2.89. The molecule has 1 unspecified atom stereocenters. The zero-order chi connectivity index (χ0) is 14.5. The van der Waals surface area contributed by atoms with Crippen molar-refractivity contribution < 1.29 is 4.39 Å². The van der Waals surface area contributed by atoms with E-state index in [1.807, 2.05) is 33.2 Å². The molecule has 0 fully saturated rings. The van der Waals surface area contributed by atoms with E-state index in [9.17, 15) is 4.39 Å². The summed E-state index contributed by atoms with van der Waals surface area (Å²) >= 11 is 1.65. The second-order valence-corrected chi connectivity index (χ2v) is 5.82. The molecule has 1 aromatic carbocycles. The first-order valence-electron chi connectivity index (χ1n) is 6.64. The van der Waals surface area contributed by atoms with Gasteiger partial charge in [0.05, 0.1) is 5.69 Å². The Morgan fingerprint density at radius 3 is 2.85 bits per heavy atom. The molecule has 0 amide bonds. The Labute approximate surface area is 123 Å². The highest BCUT2D eigenvalue weighted by atomic mass is 32.1. The third kappa shape index (κ3) is 3.62. The molecule has 108 valence electrons. The molecule has 2 aromatic rings. The lowest BCUT2D eigenvalue weighted by molar-refractivity contribution is 0.245. The molecule has 2 rings (SSSR count). The maximum Gasteiger partial charge on any atom is 0.127 e. The molecule has 1 heterocycles. The Morgan fingerprint density at radius 1 is 1.40 bits per heavy atom. The number of hydrogen-bond donors (Lipinski definition) is 1. The summed E-state index contributed by atoms with van der Waals surface area (Å²) in [6.07, 6.45) is 0. The van der Waals surface area contributed by atoms with Gasteiger partial charge in [-0.3, -0.25) is 4.90 Å². The molecule has 0 saturated heterocycles. The standard InChI is InChI=1S/C15H20FN3S/c1-11(13-6-4-5-7-14(13)16)19(3)9-12-10-20-15(18-12)8-17-2/h4-7,10-11,17H,8-9H2,1-3H3. The van der Waals surface area contributed by atoms with Crippen LogP contribution in [0.5, 0.6) is 0 Å². The Bertz CT molecular complexity index is 556. The van der Waals surface area contributed by atoms with Crippen molar-refractivity contribution in [2.45, 2.75) is 26.1 Å². The van der Waals surface area contributed by atoms with Crippen molar-refractivity contribution in [1.82, 2.24) is 15.2 Å². The van der Waals surface area contributed by atoms with Crippen molar-refractivity contribution in [2.75, 3.05) is 14.1 Å². The van der Waals surface area contributed by atoms with Gasteiger partial charge in [0, 0.05) is 30.1 Å². The molecule has 0 aliphatic heterocycles. The highest BCUT2D eigenvalue weighted by molar-refractivity contribution is 7.09. The Kier molecular flexibility index (Phi) is 5.23. The van der Waals surface area contributed by atoms with Gasteiger partial charge in [0.1, 0.15) is 10.8 Å². The van der Waals surface area contributed by atoms with Gasteiger partial charge in [-0.2, -0.15) is 0 Å². The second-order valence-electron chi connectivity index (χ2n) is 4.88. The van der Waals surface area contributed by atoms with Crippen LogP contribution in [0.2, 0.25) is 0 Å². The molecule has 0 bridgehead atoms. The van der Waals surface area contributed by atoms with Crippen LogP contribution in [0.4, 0.5) is 4.39 Å². The number of thiazole rings is 1. The number of aromatic nitrogens is 1. The van der Waals surface area contributed by atoms with Gasteiger partial charge in [-0.25, -0.2) is 9.37 Å². The lowest BCUT2D eigenvalue weighted by atomic mass is 10.1. The molecule has 1 aromatic heterocycles. The van der Waals surface area contributed by atoms with Crippen molar-refractivity contribution in [2.24, 2.45) is 0 Å². The fraction of sp³-hybridized carbons (Fsp3) is 0.400. The molecule has 0 aliphatic rings. The number of benzene rings is 1. The first-order valence-corrected chi connectivity index (χ1v) is 7.52. The van der Waals surface area contributed by atoms with Gasteiger partial charge >= 0.3 is 0 Å². The SMILES string of the molecule is CNCc1nc(CN(C)C(C)c2ccccc2F)cs1. The zero-order valence-corrected chi connectivity index (χ0v) is 12.9. The molecule has 1 N–H and O–H groups in total. The smallest absolute Gasteiger partial charge is 0.127 e. The normalized spacial score (nSPS) is 12.8. The maximum atomic E-state index is 13.8. The summed E-state index contributed by atoms with van der Waals surface area (Å²) in [4.78, 5) is 6.67. The minimum Gasteiger partial charge on any atom is -0.314 e. The molecule has 0 aliphatic carbocycles. The largest absolute Gasteiger partial charge is 0.314 e.